The molecule has 1 aromatic heterocycles. The first-order valence-corrected chi connectivity index (χ1v) is 15.1. The summed E-state index contributed by atoms with van der Waals surface area (Å²) in [6, 6.07) is 18.4. The van der Waals surface area contributed by atoms with E-state index in [0.717, 1.165) is 10.6 Å². The largest absolute Gasteiger partial charge is 0.746 e. The second-order valence-electron chi connectivity index (χ2n) is 10.5. The van der Waals surface area contributed by atoms with E-state index in [0.29, 0.717) is 27.4 Å². The molecule has 1 heterocycles. The molecule has 3 unspecified atom stereocenters. The molecule has 1 fully saturated rings. The molecular formula is C29H30ClN2O10P. The molecular weight excluding hydrogens is 603 g/mol. The number of nitrogens with one attached hydrogen (secondary N) is 1. The zero-order valence-electron chi connectivity index (χ0n) is 22.9. The SMILES string of the molecule is C[NH+](C)c1ccc(C(=O)c2ccccc2-n2cc(OP(=O)([O-])OC3[C@H](O)[C@H](O)C(O)[C@H](O)[C@H]3O)c3ccc(Cl)cc32)cc1. The van der Waals surface area contributed by atoms with Gasteiger partial charge < -0.3 is 48.9 Å². The predicted octanol–water partition coefficient (Wildman–Crippen LogP) is 0.341. The zero-order chi connectivity index (χ0) is 31.2. The minimum Gasteiger partial charge on any atom is -0.746 e. The summed E-state index contributed by atoms with van der Waals surface area (Å²) in [6.07, 6.45) is -10.8. The van der Waals surface area contributed by atoms with E-state index in [1.165, 1.54) is 22.9 Å². The van der Waals surface area contributed by atoms with Gasteiger partial charge in [0, 0.05) is 21.5 Å². The molecule has 1 aliphatic carbocycles. The van der Waals surface area contributed by atoms with Crippen molar-refractivity contribution in [1.29, 1.82) is 0 Å². The average Bonchev–Trinajstić information content (AvgIpc) is 3.33. The summed E-state index contributed by atoms with van der Waals surface area (Å²) in [7, 11) is -1.47. The highest BCUT2D eigenvalue weighted by molar-refractivity contribution is 7.46. The fourth-order valence-corrected chi connectivity index (χ4v) is 6.18. The standard InChI is InChI=1S/C29H30ClN2O10P/c1-31(2)17-10-7-15(8-11-17)23(33)19-5-3-4-6-20(19)32-14-22(18-12-9-16(30)13-21(18)32)41-43(39,40)42-29-27(37)25(35)24(34)26(36)28(29)38/h3-14,24-29,34-38H,1-2H3,(H,39,40)/t24?,25-,26+,27-,28-,29?/m1/s1. The third-order valence-electron chi connectivity index (χ3n) is 7.40. The third kappa shape index (κ3) is 6.13. The number of rotatable bonds is 8. The number of ketones is 1. The topological polar surface area (TPSA) is 186 Å². The van der Waals surface area contributed by atoms with Crippen LogP contribution in [0.5, 0.6) is 5.75 Å². The molecule has 1 saturated carbocycles. The number of carbonyl (C=O) groups is 1. The van der Waals surface area contributed by atoms with Crippen molar-refractivity contribution in [3.05, 3.63) is 89.1 Å². The molecule has 4 aromatic rings. The van der Waals surface area contributed by atoms with Crippen molar-refractivity contribution in [3.63, 3.8) is 0 Å². The molecule has 1 aliphatic rings. The van der Waals surface area contributed by atoms with Crippen LogP contribution >= 0.6 is 19.4 Å². The number of carbonyl (C=O) groups excluding carboxylic acids is 1. The van der Waals surface area contributed by atoms with Crippen molar-refractivity contribution in [2.45, 2.75) is 36.6 Å². The number of hydrogen-bond acceptors (Lipinski definition) is 10. The molecule has 5 rings (SSSR count). The average molecular weight is 633 g/mol. The van der Waals surface area contributed by atoms with Crippen LogP contribution in [0.3, 0.4) is 0 Å². The van der Waals surface area contributed by atoms with Crippen LogP contribution in [0.25, 0.3) is 16.6 Å². The van der Waals surface area contributed by atoms with Crippen LogP contribution in [0.2, 0.25) is 5.02 Å². The highest BCUT2D eigenvalue weighted by Gasteiger charge is 2.50. The number of benzene rings is 3. The molecule has 0 bridgehead atoms. The predicted molar refractivity (Wildman–Crippen MR) is 154 cm³/mol. The van der Waals surface area contributed by atoms with E-state index in [4.69, 9.17) is 20.6 Å². The summed E-state index contributed by atoms with van der Waals surface area (Å²) in [5, 5.41) is 50.7. The van der Waals surface area contributed by atoms with E-state index >= 15 is 0 Å². The Balaban J connectivity index is 1.52. The summed E-state index contributed by atoms with van der Waals surface area (Å²) in [5.74, 6) is -0.508. The molecule has 0 aliphatic heterocycles. The second kappa shape index (κ2) is 12.1. The van der Waals surface area contributed by atoms with E-state index in [1.54, 1.807) is 42.5 Å². The first-order chi connectivity index (χ1) is 20.3. The van der Waals surface area contributed by atoms with Crippen LogP contribution < -0.4 is 14.3 Å². The number of nitrogens with zero attached hydrogens (tertiary/aromatic N) is 1. The number of fused-ring (bicyclic) bond motifs is 1. The van der Waals surface area contributed by atoms with Crippen LogP contribution in [0.15, 0.2) is 72.9 Å². The normalized spacial score (nSPS) is 25.5. The maximum atomic E-state index is 13.6. The van der Waals surface area contributed by atoms with Gasteiger partial charge in [-0.05, 0) is 54.6 Å². The smallest absolute Gasteiger partial charge is 0.320 e. The van der Waals surface area contributed by atoms with Crippen molar-refractivity contribution in [2.24, 2.45) is 0 Å². The first-order valence-electron chi connectivity index (χ1n) is 13.2. The minimum absolute atomic E-state index is 0.230. The van der Waals surface area contributed by atoms with Gasteiger partial charge in [0.05, 0.1) is 31.5 Å². The van der Waals surface area contributed by atoms with E-state index in [-0.39, 0.29) is 16.9 Å². The zero-order valence-corrected chi connectivity index (χ0v) is 24.6. The van der Waals surface area contributed by atoms with Gasteiger partial charge in [-0.25, -0.2) is 0 Å². The Morgan fingerprint density at radius 3 is 2.14 bits per heavy atom. The fourth-order valence-electron chi connectivity index (χ4n) is 5.04. The Bertz CT molecular complexity index is 1680. The number of para-hydroxylation sites is 1. The Morgan fingerprint density at radius 2 is 1.51 bits per heavy atom. The van der Waals surface area contributed by atoms with Gasteiger partial charge >= 0.3 is 7.82 Å². The number of aromatic nitrogens is 1. The van der Waals surface area contributed by atoms with Crippen LogP contribution in [0.4, 0.5) is 5.69 Å². The number of hydrogen-bond donors (Lipinski definition) is 6. The van der Waals surface area contributed by atoms with E-state index < -0.39 is 44.4 Å². The molecule has 7 atom stereocenters. The lowest BCUT2D eigenvalue weighted by atomic mass is 9.85. The van der Waals surface area contributed by atoms with E-state index in [9.17, 15) is 39.8 Å². The lowest BCUT2D eigenvalue weighted by Gasteiger charge is -2.43. The lowest BCUT2D eigenvalue weighted by Crippen LogP contribution is -3.00. The quantitative estimate of drug-likeness (QED) is 0.117. The first kappa shape index (κ1) is 31.3. The molecule has 228 valence electrons. The molecule has 3 aromatic carbocycles. The van der Waals surface area contributed by atoms with Crippen LogP contribution in [-0.2, 0) is 9.09 Å². The van der Waals surface area contributed by atoms with Crippen LogP contribution in [0.1, 0.15) is 15.9 Å². The number of aliphatic hydroxyl groups excluding tert-OH is 5. The lowest BCUT2D eigenvalue weighted by molar-refractivity contribution is -0.786. The maximum absolute atomic E-state index is 13.6. The molecule has 14 heteroatoms. The van der Waals surface area contributed by atoms with Crippen LogP contribution in [-0.4, -0.2) is 86.6 Å². The summed E-state index contributed by atoms with van der Waals surface area (Å²) in [5.41, 5.74) is 2.54. The number of phosphoric acid groups is 1. The molecule has 0 spiro atoms. The maximum Gasteiger partial charge on any atom is 0.320 e. The number of phosphoric ester groups is 1. The molecule has 0 amide bonds. The van der Waals surface area contributed by atoms with Crippen molar-refractivity contribution in [3.8, 4) is 11.4 Å². The highest BCUT2D eigenvalue weighted by atomic mass is 35.5. The Kier molecular flexibility index (Phi) is 8.81. The number of aliphatic hydroxyl groups is 5. The monoisotopic (exact) mass is 632 g/mol. The van der Waals surface area contributed by atoms with Crippen molar-refractivity contribution >= 4 is 41.8 Å². The Hall–Kier alpha value is -3.13. The fraction of sp³-hybridized carbons (Fsp3) is 0.276. The van der Waals surface area contributed by atoms with Gasteiger partial charge in [-0.15, -0.1) is 0 Å². The van der Waals surface area contributed by atoms with Crippen molar-refractivity contribution in [2.75, 3.05) is 14.1 Å². The molecule has 43 heavy (non-hydrogen) atoms. The van der Waals surface area contributed by atoms with E-state index in [2.05, 4.69) is 0 Å². The highest BCUT2D eigenvalue weighted by Crippen LogP contribution is 2.47. The van der Waals surface area contributed by atoms with Gasteiger partial charge in [-0.2, -0.15) is 0 Å². The molecule has 0 saturated heterocycles. The molecule has 6 N–H and O–H groups in total. The summed E-state index contributed by atoms with van der Waals surface area (Å²) < 4.78 is 24.7. The van der Waals surface area contributed by atoms with Gasteiger partial charge in [-0.1, -0.05) is 23.7 Å². The summed E-state index contributed by atoms with van der Waals surface area (Å²) >= 11 is 6.27. The Morgan fingerprint density at radius 1 is 0.907 bits per heavy atom. The summed E-state index contributed by atoms with van der Waals surface area (Å²) in [6.45, 7) is 0. The number of halogens is 1. The van der Waals surface area contributed by atoms with Crippen LogP contribution in [0, 0.1) is 0 Å². The second-order valence-corrected chi connectivity index (χ2v) is 12.2. The van der Waals surface area contributed by atoms with Gasteiger partial charge in [0.15, 0.2) is 11.5 Å². The molecule has 12 nitrogen and oxygen atoms in total. The van der Waals surface area contributed by atoms with Crippen molar-refractivity contribution < 1.29 is 53.7 Å². The number of quaternary nitrogens is 1. The van der Waals surface area contributed by atoms with Gasteiger partial charge in [0.2, 0.25) is 0 Å². The van der Waals surface area contributed by atoms with Gasteiger partial charge in [0.25, 0.3) is 0 Å². The van der Waals surface area contributed by atoms with Gasteiger partial charge in [-0.3, -0.25) is 9.36 Å². The Labute approximate surface area is 251 Å². The third-order valence-corrected chi connectivity index (χ3v) is 8.55. The minimum atomic E-state index is -5.41. The molecule has 0 radical (unpaired) electrons. The van der Waals surface area contributed by atoms with E-state index in [1.807, 2.05) is 26.2 Å². The van der Waals surface area contributed by atoms with Crippen molar-refractivity contribution in [1.82, 2.24) is 4.57 Å². The summed E-state index contributed by atoms with van der Waals surface area (Å²) in [4.78, 5) is 27.7. The van der Waals surface area contributed by atoms with Gasteiger partial charge in [0.1, 0.15) is 42.3 Å².